The molecule has 7 nitrogen and oxygen atoms in total. The monoisotopic (exact) mass is 307 g/mol. The Morgan fingerprint density at radius 1 is 1.26 bits per heavy atom. The van der Waals surface area contributed by atoms with E-state index in [9.17, 15) is 4.79 Å². The molecule has 0 unspecified atom stereocenters. The summed E-state index contributed by atoms with van der Waals surface area (Å²) in [7, 11) is 1.63. The van der Waals surface area contributed by atoms with E-state index in [0.717, 1.165) is 22.3 Å². The van der Waals surface area contributed by atoms with Gasteiger partial charge in [-0.25, -0.2) is 10.4 Å². The molecule has 2 aromatic heterocycles. The summed E-state index contributed by atoms with van der Waals surface area (Å²) < 4.78 is 5.22. The minimum atomic E-state index is -0.257. The van der Waals surface area contributed by atoms with Crippen LogP contribution in [0.15, 0.2) is 47.3 Å². The molecule has 1 aliphatic rings. The summed E-state index contributed by atoms with van der Waals surface area (Å²) in [5.74, 6) is 1.08. The third kappa shape index (κ3) is 2.28. The highest BCUT2D eigenvalue weighted by molar-refractivity contribution is 6.32. The van der Waals surface area contributed by atoms with Crippen molar-refractivity contribution in [2.24, 2.45) is 5.10 Å². The lowest BCUT2D eigenvalue weighted by Gasteiger charge is -1.97. The van der Waals surface area contributed by atoms with E-state index in [-0.39, 0.29) is 5.91 Å². The van der Waals surface area contributed by atoms with Crippen LogP contribution < -0.4 is 10.2 Å². The molecule has 0 aliphatic carbocycles. The smallest absolute Gasteiger partial charge is 0.273 e. The number of fused-ring (bicyclic) bond motifs is 1. The number of carbonyl (C=O) groups is 1. The van der Waals surface area contributed by atoms with Crippen molar-refractivity contribution in [3.8, 4) is 5.75 Å². The van der Waals surface area contributed by atoms with Crippen molar-refractivity contribution >= 4 is 28.6 Å². The first-order valence-electron chi connectivity index (χ1n) is 7.01. The van der Waals surface area contributed by atoms with Crippen LogP contribution in [0.3, 0.4) is 0 Å². The minimum absolute atomic E-state index is 0.257. The van der Waals surface area contributed by atoms with Gasteiger partial charge in [-0.2, -0.15) is 5.10 Å². The first-order valence-corrected chi connectivity index (χ1v) is 7.01. The Kier molecular flexibility index (Phi) is 2.97. The molecule has 0 atom stereocenters. The van der Waals surface area contributed by atoms with Crippen LogP contribution in [0.4, 0.5) is 0 Å². The number of nitrogens with one attached hydrogen (secondary N) is 3. The van der Waals surface area contributed by atoms with Crippen LogP contribution in [0.1, 0.15) is 11.5 Å². The second kappa shape index (κ2) is 5.13. The zero-order valence-electron chi connectivity index (χ0n) is 12.3. The van der Waals surface area contributed by atoms with Crippen LogP contribution >= 0.6 is 0 Å². The molecule has 1 aliphatic heterocycles. The molecular weight excluding hydrogens is 294 g/mol. The maximum atomic E-state index is 12.0. The molecule has 4 rings (SSSR count). The Morgan fingerprint density at radius 2 is 2.17 bits per heavy atom. The van der Waals surface area contributed by atoms with E-state index in [1.165, 1.54) is 0 Å². The highest BCUT2D eigenvalue weighted by Gasteiger charge is 2.25. The number of methoxy groups -OCH3 is 1. The fraction of sp³-hybridized carbons (Fsp3) is 0.0625. The number of nitrogens with zero attached hydrogens (tertiary/aromatic N) is 2. The Morgan fingerprint density at radius 3 is 2.96 bits per heavy atom. The molecule has 1 aromatic carbocycles. The predicted molar refractivity (Wildman–Crippen MR) is 86.1 cm³/mol. The zero-order chi connectivity index (χ0) is 15.8. The van der Waals surface area contributed by atoms with Gasteiger partial charge < -0.3 is 14.7 Å². The quantitative estimate of drug-likeness (QED) is 0.644. The van der Waals surface area contributed by atoms with E-state index in [4.69, 9.17) is 4.74 Å². The van der Waals surface area contributed by atoms with Crippen LogP contribution in [0.5, 0.6) is 5.75 Å². The van der Waals surface area contributed by atoms with Gasteiger partial charge in [-0.15, -0.1) is 0 Å². The normalized spacial score (nSPS) is 16.0. The second-order valence-electron chi connectivity index (χ2n) is 5.07. The lowest BCUT2D eigenvalue weighted by atomic mass is 10.1. The van der Waals surface area contributed by atoms with Crippen molar-refractivity contribution in [2.75, 3.05) is 7.11 Å². The summed E-state index contributed by atoms with van der Waals surface area (Å²) >= 11 is 0. The molecule has 0 radical (unpaired) electrons. The average Bonchev–Trinajstić information content (AvgIpc) is 3.27. The molecular formula is C16H13N5O2. The van der Waals surface area contributed by atoms with Gasteiger partial charge >= 0.3 is 0 Å². The van der Waals surface area contributed by atoms with Crippen molar-refractivity contribution in [3.05, 3.63) is 53.8 Å². The van der Waals surface area contributed by atoms with Gasteiger partial charge in [0.05, 0.1) is 12.7 Å². The summed E-state index contributed by atoms with van der Waals surface area (Å²) in [5, 5.41) is 5.04. The molecule has 1 amide bonds. The third-order valence-electron chi connectivity index (χ3n) is 3.64. The highest BCUT2D eigenvalue weighted by atomic mass is 16.5. The first kappa shape index (κ1) is 13.3. The Balaban J connectivity index is 1.76. The van der Waals surface area contributed by atoms with Crippen molar-refractivity contribution in [2.45, 2.75) is 0 Å². The lowest BCUT2D eigenvalue weighted by Crippen LogP contribution is -2.14. The maximum absolute atomic E-state index is 12.0. The molecule has 0 fully saturated rings. The van der Waals surface area contributed by atoms with Crippen molar-refractivity contribution in [1.82, 2.24) is 20.4 Å². The maximum Gasteiger partial charge on any atom is 0.273 e. The molecule has 0 spiro atoms. The number of hydrogen-bond donors (Lipinski definition) is 3. The SMILES string of the molecule is COc1ccc2[nH]c(/C=C3\C(=O)NN=C3c3ncc[nH]3)cc2c1. The Labute approximate surface area is 131 Å². The van der Waals surface area contributed by atoms with Gasteiger partial charge in [-0.1, -0.05) is 0 Å². The van der Waals surface area contributed by atoms with Gasteiger partial charge in [0.15, 0.2) is 5.82 Å². The number of hydrogen-bond acceptors (Lipinski definition) is 4. The van der Waals surface area contributed by atoms with Gasteiger partial charge in [-0.05, 0) is 30.3 Å². The average molecular weight is 307 g/mol. The van der Waals surface area contributed by atoms with Crippen LogP contribution in [0, 0.1) is 0 Å². The second-order valence-corrected chi connectivity index (χ2v) is 5.07. The highest BCUT2D eigenvalue weighted by Crippen LogP contribution is 2.23. The summed E-state index contributed by atoms with van der Waals surface area (Å²) in [6.07, 6.45) is 5.07. The first-order chi connectivity index (χ1) is 11.2. The molecule has 0 saturated heterocycles. The predicted octanol–water partition coefficient (Wildman–Crippen LogP) is 1.82. The third-order valence-corrected chi connectivity index (χ3v) is 3.64. The van der Waals surface area contributed by atoms with Crippen LogP contribution in [-0.4, -0.2) is 33.7 Å². The Hall–Kier alpha value is -3.35. The van der Waals surface area contributed by atoms with Crippen molar-refractivity contribution < 1.29 is 9.53 Å². The van der Waals surface area contributed by atoms with Gasteiger partial charge in [0.25, 0.3) is 5.91 Å². The molecule has 23 heavy (non-hydrogen) atoms. The summed E-state index contributed by atoms with van der Waals surface area (Å²) in [6.45, 7) is 0. The number of ether oxygens (including phenoxy) is 1. The standard InChI is InChI=1S/C16H13N5O2/c1-23-11-2-3-13-9(7-11)6-10(19-13)8-12-14(20-21-16(12)22)15-17-4-5-18-15/h2-8,19H,1H3,(H,17,18)(H,21,22)/b12-8-. The molecule has 3 N–H and O–H groups in total. The van der Waals surface area contributed by atoms with E-state index in [1.54, 1.807) is 25.6 Å². The van der Waals surface area contributed by atoms with E-state index in [0.29, 0.717) is 17.1 Å². The number of hydrazone groups is 1. The number of benzene rings is 1. The van der Waals surface area contributed by atoms with Gasteiger partial charge in [0.1, 0.15) is 11.5 Å². The molecule has 0 saturated carbocycles. The summed E-state index contributed by atoms with van der Waals surface area (Å²) in [5.41, 5.74) is 5.19. The molecule has 114 valence electrons. The summed E-state index contributed by atoms with van der Waals surface area (Å²) in [6, 6.07) is 7.71. The van der Waals surface area contributed by atoms with Gasteiger partial charge in [0.2, 0.25) is 0 Å². The van der Waals surface area contributed by atoms with Gasteiger partial charge in [0, 0.05) is 29.0 Å². The van der Waals surface area contributed by atoms with Gasteiger partial charge in [-0.3, -0.25) is 4.79 Å². The zero-order valence-corrected chi connectivity index (χ0v) is 12.3. The van der Waals surface area contributed by atoms with Crippen LogP contribution in [-0.2, 0) is 4.79 Å². The van der Waals surface area contributed by atoms with E-state index >= 15 is 0 Å². The van der Waals surface area contributed by atoms with E-state index in [2.05, 4.69) is 25.5 Å². The van der Waals surface area contributed by atoms with E-state index < -0.39 is 0 Å². The molecule has 0 bridgehead atoms. The van der Waals surface area contributed by atoms with Crippen molar-refractivity contribution in [3.63, 3.8) is 0 Å². The lowest BCUT2D eigenvalue weighted by molar-refractivity contribution is -0.116. The molecule has 7 heteroatoms. The fourth-order valence-electron chi connectivity index (χ4n) is 2.54. The number of amides is 1. The topological polar surface area (TPSA) is 95.2 Å². The number of aromatic nitrogens is 3. The number of aromatic amines is 2. The molecule has 3 heterocycles. The number of carbonyl (C=O) groups excluding carboxylic acids is 1. The van der Waals surface area contributed by atoms with Crippen LogP contribution in [0.25, 0.3) is 17.0 Å². The molecule has 3 aromatic rings. The number of imidazole rings is 1. The van der Waals surface area contributed by atoms with E-state index in [1.807, 2.05) is 24.3 Å². The fourth-order valence-corrected chi connectivity index (χ4v) is 2.54. The minimum Gasteiger partial charge on any atom is -0.497 e. The Bertz CT molecular complexity index is 950. The number of rotatable bonds is 3. The number of H-pyrrole nitrogens is 2. The summed E-state index contributed by atoms with van der Waals surface area (Å²) in [4.78, 5) is 22.4. The van der Waals surface area contributed by atoms with Crippen molar-refractivity contribution in [1.29, 1.82) is 0 Å². The largest absolute Gasteiger partial charge is 0.497 e. The van der Waals surface area contributed by atoms with Crippen LogP contribution in [0.2, 0.25) is 0 Å².